The van der Waals surface area contributed by atoms with Crippen molar-refractivity contribution in [2.24, 2.45) is 0 Å². The summed E-state index contributed by atoms with van der Waals surface area (Å²) in [5.74, 6) is 1.36. The molecule has 0 bridgehead atoms. The summed E-state index contributed by atoms with van der Waals surface area (Å²) in [5.41, 5.74) is 3.44. The molecule has 0 aliphatic carbocycles. The quantitative estimate of drug-likeness (QED) is 0.106. The van der Waals surface area contributed by atoms with E-state index in [1.165, 1.54) is 0 Å². The SMILES string of the molecule is COCCOc1cc(-c2cccc(C3(N[S+]([O-])C(C)(C)C)COC3)n2)cc2c1cnn2-c1cccc(CO[Si](C)(C)C(C)(C)C)n1. The minimum Gasteiger partial charge on any atom is -0.598 e. The molecule has 3 aromatic heterocycles. The van der Waals surface area contributed by atoms with E-state index in [1.807, 2.05) is 67.9 Å². The van der Waals surface area contributed by atoms with E-state index < -0.39 is 30.0 Å². The number of ether oxygens (including phenoxy) is 3. The van der Waals surface area contributed by atoms with E-state index in [0.717, 1.165) is 33.5 Å². The van der Waals surface area contributed by atoms with Crippen LogP contribution >= 0.6 is 0 Å². The van der Waals surface area contributed by atoms with E-state index in [1.54, 1.807) is 13.3 Å². The molecule has 46 heavy (non-hydrogen) atoms. The monoisotopic (exact) mass is 665 g/mol. The third kappa shape index (κ3) is 7.33. The fraction of sp³-hybridized carbons (Fsp3) is 0.500. The Morgan fingerprint density at radius 2 is 1.76 bits per heavy atom. The molecule has 5 rings (SSSR count). The normalized spacial score (nSPS) is 16.0. The zero-order valence-electron chi connectivity index (χ0n) is 28.5. The van der Waals surface area contributed by atoms with E-state index in [9.17, 15) is 4.55 Å². The van der Waals surface area contributed by atoms with Crippen LogP contribution in [-0.4, -0.2) is 70.9 Å². The molecule has 1 aliphatic heterocycles. The van der Waals surface area contributed by atoms with E-state index in [0.29, 0.717) is 44.6 Å². The molecule has 0 amide bonds. The Hall–Kier alpha value is -2.84. The minimum atomic E-state index is -1.94. The van der Waals surface area contributed by atoms with E-state index in [-0.39, 0.29) is 5.04 Å². The van der Waals surface area contributed by atoms with Crippen LogP contribution in [-0.2, 0) is 37.4 Å². The average Bonchev–Trinajstić information content (AvgIpc) is 3.41. The number of pyridine rings is 2. The molecule has 1 unspecified atom stereocenters. The summed E-state index contributed by atoms with van der Waals surface area (Å²) in [7, 11) is -0.295. The van der Waals surface area contributed by atoms with Gasteiger partial charge in [-0.05, 0) is 75.3 Å². The van der Waals surface area contributed by atoms with Crippen molar-refractivity contribution < 1.29 is 23.2 Å². The molecule has 0 radical (unpaired) electrons. The summed E-state index contributed by atoms with van der Waals surface area (Å²) in [4.78, 5) is 10.0. The maximum Gasteiger partial charge on any atom is 0.192 e. The highest BCUT2D eigenvalue weighted by Crippen LogP contribution is 2.38. The summed E-state index contributed by atoms with van der Waals surface area (Å²) in [6, 6.07) is 15.9. The summed E-state index contributed by atoms with van der Waals surface area (Å²) in [6.45, 7) is 19.1. The van der Waals surface area contributed by atoms with Gasteiger partial charge in [-0.3, -0.25) is 4.98 Å². The van der Waals surface area contributed by atoms with Gasteiger partial charge >= 0.3 is 0 Å². The number of fused-ring (bicyclic) bond motifs is 1. The van der Waals surface area contributed by atoms with Gasteiger partial charge in [0.1, 0.15) is 17.1 Å². The lowest BCUT2D eigenvalue weighted by Crippen LogP contribution is -2.62. The topological polar surface area (TPSA) is 116 Å². The maximum atomic E-state index is 13.1. The number of nitrogens with one attached hydrogen (secondary N) is 1. The van der Waals surface area contributed by atoms with Crippen LogP contribution in [0.4, 0.5) is 0 Å². The smallest absolute Gasteiger partial charge is 0.192 e. The lowest BCUT2D eigenvalue weighted by atomic mass is 9.93. The first-order valence-corrected chi connectivity index (χ1v) is 19.7. The van der Waals surface area contributed by atoms with Gasteiger partial charge in [0.2, 0.25) is 0 Å². The van der Waals surface area contributed by atoms with Crippen LogP contribution in [0.2, 0.25) is 18.1 Å². The molecule has 1 N–H and O–H groups in total. The van der Waals surface area contributed by atoms with Crippen molar-refractivity contribution in [2.45, 2.75) is 76.6 Å². The lowest BCUT2D eigenvalue weighted by molar-refractivity contribution is -0.0687. The zero-order valence-corrected chi connectivity index (χ0v) is 30.3. The number of aromatic nitrogens is 4. The van der Waals surface area contributed by atoms with Gasteiger partial charge in [-0.15, -0.1) is 4.72 Å². The van der Waals surface area contributed by atoms with Crippen molar-refractivity contribution in [3.05, 3.63) is 66.1 Å². The fourth-order valence-electron chi connectivity index (χ4n) is 4.67. The Kier molecular flexibility index (Phi) is 10.0. The third-order valence-corrected chi connectivity index (χ3v) is 14.8. The largest absolute Gasteiger partial charge is 0.598 e. The second kappa shape index (κ2) is 13.3. The Morgan fingerprint density at radius 1 is 1.02 bits per heavy atom. The molecular weight excluding hydrogens is 619 g/mol. The molecule has 1 aliphatic rings. The van der Waals surface area contributed by atoms with E-state index >= 15 is 0 Å². The van der Waals surface area contributed by atoms with Crippen molar-refractivity contribution in [2.75, 3.05) is 33.5 Å². The molecule has 4 heterocycles. The molecule has 4 aromatic rings. The van der Waals surface area contributed by atoms with Gasteiger partial charge in [0.05, 0.1) is 60.6 Å². The van der Waals surface area contributed by atoms with Crippen LogP contribution in [0.25, 0.3) is 28.0 Å². The predicted octanol–water partition coefficient (Wildman–Crippen LogP) is 6.31. The number of rotatable bonds is 12. The Morgan fingerprint density at radius 3 is 2.41 bits per heavy atom. The molecule has 248 valence electrons. The van der Waals surface area contributed by atoms with Gasteiger partial charge in [0.25, 0.3) is 0 Å². The first kappa shape index (κ1) is 34.5. The summed E-state index contributed by atoms with van der Waals surface area (Å²) in [6.07, 6.45) is 1.80. The molecular formula is C34H47N5O5SSi. The van der Waals surface area contributed by atoms with Crippen LogP contribution in [0.5, 0.6) is 5.75 Å². The Bertz CT molecular complexity index is 1660. The molecule has 1 saturated heterocycles. The number of methoxy groups -OCH3 is 1. The second-order valence-electron chi connectivity index (χ2n) is 14.3. The summed E-state index contributed by atoms with van der Waals surface area (Å²) in [5, 5.41) is 5.70. The van der Waals surface area contributed by atoms with E-state index in [2.05, 4.69) is 44.7 Å². The number of nitrogens with zero attached hydrogens (tertiary/aromatic N) is 4. The van der Waals surface area contributed by atoms with Crippen LogP contribution in [0.1, 0.15) is 52.9 Å². The lowest BCUT2D eigenvalue weighted by Gasteiger charge is -2.42. The van der Waals surface area contributed by atoms with Crippen molar-refractivity contribution in [3.63, 3.8) is 0 Å². The molecule has 1 fully saturated rings. The van der Waals surface area contributed by atoms with E-state index in [4.69, 9.17) is 33.7 Å². The van der Waals surface area contributed by atoms with Gasteiger partial charge in [-0.25, -0.2) is 9.67 Å². The number of hydrogen-bond acceptors (Lipinski definition) is 9. The van der Waals surface area contributed by atoms with Crippen LogP contribution in [0, 0.1) is 0 Å². The zero-order chi connectivity index (χ0) is 33.3. The van der Waals surface area contributed by atoms with Crippen LogP contribution < -0.4 is 9.46 Å². The van der Waals surface area contributed by atoms with Crippen molar-refractivity contribution in [1.82, 2.24) is 24.5 Å². The standard InChI is InChI=1S/C34H47N5O5SSi/c1-32(2,3)45(40)38-34(22-42-23-34)30-14-11-13-27(37-30)24-18-28-26(29(19-24)43-17-16-41-7)20-35-39(28)31-15-10-12-25(36-31)21-44-46(8,9)33(4,5)6/h10-15,18-20,38H,16-17,21-23H2,1-9H3. The number of hydrogen-bond donors (Lipinski definition) is 1. The van der Waals surface area contributed by atoms with Crippen LogP contribution in [0.3, 0.4) is 0 Å². The van der Waals surface area contributed by atoms with Crippen LogP contribution in [0.15, 0.2) is 54.7 Å². The summed E-state index contributed by atoms with van der Waals surface area (Å²) >= 11 is -1.29. The molecule has 1 atom stereocenters. The molecule has 12 heteroatoms. The fourth-order valence-corrected chi connectivity index (χ4v) is 6.50. The van der Waals surface area contributed by atoms with Gasteiger partial charge in [0.15, 0.2) is 19.7 Å². The molecule has 0 spiro atoms. The predicted molar refractivity (Wildman–Crippen MR) is 185 cm³/mol. The maximum absolute atomic E-state index is 13.1. The van der Waals surface area contributed by atoms with Gasteiger partial charge in [-0.2, -0.15) is 5.10 Å². The Balaban J connectivity index is 1.53. The summed E-state index contributed by atoms with van der Waals surface area (Å²) < 4.78 is 41.3. The highest BCUT2D eigenvalue weighted by atomic mass is 32.2. The van der Waals surface area contributed by atoms with Crippen molar-refractivity contribution in [1.29, 1.82) is 0 Å². The highest BCUT2D eigenvalue weighted by molar-refractivity contribution is 7.90. The van der Waals surface area contributed by atoms with Gasteiger partial charge in [0, 0.05) is 24.0 Å². The Labute approximate surface area is 276 Å². The minimum absolute atomic E-state index is 0.106. The first-order valence-electron chi connectivity index (χ1n) is 15.6. The highest BCUT2D eigenvalue weighted by Gasteiger charge is 2.48. The molecule has 0 saturated carbocycles. The molecule has 10 nitrogen and oxygen atoms in total. The average molecular weight is 666 g/mol. The van der Waals surface area contributed by atoms with Crippen molar-refractivity contribution >= 4 is 30.6 Å². The van der Waals surface area contributed by atoms with Gasteiger partial charge < -0.3 is 23.2 Å². The van der Waals surface area contributed by atoms with Crippen molar-refractivity contribution in [3.8, 4) is 22.8 Å². The second-order valence-corrected chi connectivity index (χ2v) is 21.1. The molecule has 1 aromatic carbocycles. The third-order valence-electron chi connectivity index (χ3n) is 8.67. The number of benzene rings is 1. The van der Waals surface area contributed by atoms with Gasteiger partial charge in [-0.1, -0.05) is 32.9 Å². The first-order chi connectivity index (χ1) is 21.6.